The van der Waals surface area contributed by atoms with E-state index in [1.54, 1.807) is 0 Å². The number of pyridine rings is 1. The average Bonchev–Trinajstić information content (AvgIpc) is 2.43. The normalized spacial score (nSPS) is 20.5. The van der Waals surface area contributed by atoms with E-state index in [0.717, 1.165) is 32.1 Å². The van der Waals surface area contributed by atoms with Gasteiger partial charge in [0.15, 0.2) is 0 Å². The number of aliphatic hydroxyl groups is 1. The molecule has 1 aromatic heterocycles. The molecule has 0 radical (unpaired) electrons. The minimum atomic E-state index is -0.771. The van der Waals surface area contributed by atoms with Gasteiger partial charge in [-0.3, -0.25) is 9.78 Å². The number of nitrogens with zero attached hydrogens (tertiary/aromatic N) is 1. The number of carbonyl (C=O) groups excluding carboxylic acids is 1. The molecule has 2 atom stereocenters. The van der Waals surface area contributed by atoms with Gasteiger partial charge in [0, 0.05) is 31.3 Å². The van der Waals surface area contributed by atoms with E-state index < -0.39 is 11.9 Å². The molecule has 1 aliphatic rings. The van der Waals surface area contributed by atoms with Gasteiger partial charge in [-0.05, 0) is 31.4 Å². The lowest BCUT2D eigenvalue weighted by atomic mass is 9.94. The Balaban J connectivity index is 1.66. The van der Waals surface area contributed by atoms with Gasteiger partial charge >= 0.3 is 0 Å². The molecule has 1 aromatic rings. The molecule has 0 bridgehead atoms. The lowest BCUT2D eigenvalue weighted by Crippen LogP contribution is -2.35. The third-order valence-electron chi connectivity index (χ3n) is 3.53. The first kappa shape index (κ1) is 14.9. The maximum Gasteiger partial charge on any atom is 0.220 e. The monoisotopic (exact) mass is 281 g/mol. The van der Waals surface area contributed by atoms with E-state index in [0.29, 0.717) is 24.4 Å². The molecule has 1 aliphatic heterocycles. The van der Waals surface area contributed by atoms with Crippen LogP contribution in [0.25, 0.3) is 0 Å². The molecule has 110 valence electrons. The van der Waals surface area contributed by atoms with Gasteiger partial charge in [-0.1, -0.05) is 0 Å². The van der Waals surface area contributed by atoms with E-state index in [2.05, 4.69) is 15.6 Å². The van der Waals surface area contributed by atoms with Crippen molar-refractivity contribution in [1.82, 2.24) is 15.6 Å². The molecule has 1 saturated heterocycles. The zero-order valence-electron chi connectivity index (χ0n) is 11.3. The van der Waals surface area contributed by atoms with Crippen molar-refractivity contribution in [3.05, 3.63) is 29.8 Å². The van der Waals surface area contributed by atoms with Crippen molar-refractivity contribution in [3.63, 3.8) is 0 Å². The second-order valence-electron chi connectivity index (χ2n) is 5.15. The van der Waals surface area contributed by atoms with Gasteiger partial charge in [-0.2, -0.15) is 0 Å². The van der Waals surface area contributed by atoms with Gasteiger partial charge < -0.3 is 15.7 Å². The standard InChI is InChI=1S/C14H20FN3O2/c15-12-6-11(7-17-8-12)13(19)9-16-3-1-10-2-4-18-14(20)5-10/h6-8,10,13,16,19H,1-5,9H2,(H,18,20)/t10-,13-/m0/s1. The van der Waals surface area contributed by atoms with Crippen LogP contribution in [-0.4, -0.2) is 35.6 Å². The number of hydrogen-bond acceptors (Lipinski definition) is 4. The van der Waals surface area contributed by atoms with E-state index in [9.17, 15) is 14.3 Å². The van der Waals surface area contributed by atoms with Crippen LogP contribution in [0.3, 0.4) is 0 Å². The summed E-state index contributed by atoms with van der Waals surface area (Å²) in [7, 11) is 0. The van der Waals surface area contributed by atoms with E-state index in [1.165, 1.54) is 12.3 Å². The van der Waals surface area contributed by atoms with Crippen molar-refractivity contribution in [2.45, 2.75) is 25.4 Å². The smallest absolute Gasteiger partial charge is 0.220 e. The highest BCUT2D eigenvalue weighted by atomic mass is 19.1. The predicted octanol–water partition coefficient (Wildman–Crippen LogP) is 0.760. The van der Waals surface area contributed by atoms with Crippen LogP contribution >= 0.6 is 0 Å². The van der Waals surface area contributed by atoms with E-state index in [4.69, 9.17) is 0 Å². The Hall–Kier alpha value is -1.53. The van der Waals surface area contributed by atoms with Gasteiger partial charge in [0.2, 0.25) is 5.91 Å². The fraction of sp³-hybridized carbons (Fsp3) is 0.571. The summed E-state index contributed by atoms with van der Waals surface area (Å²) in [5.41, 5.74) is 0.467. The van der Waals surface area contributed by atoms with Gasteiger partial charge in [-0.15, -0.1) is 0 Å². The molecule has 0 unspecified atom stereocenters. The Kier molecular flexibility index (Phi) is 5.43. The van der Waals surface area contributed by atoms with Gasteiger partial charge in [0.1, 0.15) is 5.82 Å². The summed E-state index contributed by atoms with van der Waals surface area (Å²) in [6.07, 6.45) is 4.29. The Morgan fingerprint density at radius 3 is 3.15 bits per heavy atom. The second kappa shape index (κ2) is 7.31. The molecule has 20 heavy (non-hydrogen) atoms. The molecule has 0 spiro atoms. The summed E-state index contributed by atoms with van der Waals surface area (Å²) in [5.74, 6) is 0.0751. The summed E-state index contributed by atoms with van der Waals surface area (Å²) >= 11 is 0. The van der Waals surface area contributed by atoms with Crippen LogP contribution in [0.5, 0.6) is 0 Å². The summed E-state index contributed by atoms with van der Waals surface area (Å²) in [6, 6.07) is 1.28. The molecule has 0 aromatic carbocycles. The van der Waals surface area contributed by atoms with Crippen LogP contribution in [0.2, 0.25) is 0 Å². The molecule has 1 fully saturated rings. The van der Waals surface area contributed by atoms with Gasteiger partial charge in [0.05, 0.1) is 12.3 Å². The van der Waals surface area contributed by atoms with Crippen molar-refractivity contribution < 1.29 is 14.3 Å². The molecule has 5 nitrogen and oxygen atoms in total. The first-order valence-electron chi connectivity index (χ1n) is 6.91. The third-order valence-corrected chi connectivity index (χ3v) is 3.53. The van der Waals surface area contributed by atoms with Crippen LogP contribution in [0.15, 0.2) is 18.5 Å². The summed E-state index contributed by atoms with van der Waals surface area (Å²) in [6.45, 7) is 1.84. The molecule has 6 heteroatoms. The number of halogens is 1. The Bertz CT molecular complexity index is 456. The highest BCUT2D eigenvalue weighted by Crippen LogP contribution is 2.16. The number of aliphatic hydroxyl groups excluding tert-OH is 1. The fourth-order valence-electron chi connectivity index (χ4n) is 2.37. The van der Waals surface area contributed by atoms with Crippen LogP contribution in [0.4, 0.5) is 4.39 Å². The first-order valence-corrected chi connectivity index (χ1v) is 6.91. The second-order valence-corrected chi connectivity index (χ2v) is 5.15. The van der Waals surface area contributed by atoms with Crippen LogP contribution in [-0.2, 0) is 4.79 Å². The van der Waals surface area contributed by atoms with Crippen LogP contribution < -0.4 is 10.6 Å². The molecule has 3 N–H and O–H groups in total. The molecule has 1 amide bonds. The van der Waals surface area contributed by atoms with E-state index in [-0.39, 0.29) is 5.91 Å². The zero-order valence-corrected chi connectivity index (χ0v) is 11.3. The number of nitrogens with one attached hydrogen (secondary N) is 2. The first-order chi connectivity index (χ1) is 9.65. The Morgan fingerprint density at radius 2 is 2.40 bits per heavy atom. The highest BCUT2D eigenvalue weighted by molar-refractivity contribution is 5.76. The molecular formula is C14H20FN3O2. The molecule has 2 rings (SSSR count). The quantitative estimate of drug-likeness (QED) is 0.673. The van der Waals surface area contributed by atoms with Crippen molar-refractivity contribution in [3.8, 4) is 0 Å². The number of piperidine rings is 1. The highest BCUT2D eigenvalue weighted by Gasteiger charge is 2.18. The van der Waals surface area contributed by atoms with Gasteiger partial charge in [0.25, 0.3) is 0 Å². The van der Waals surface area contributed by atoms with Crippen molar-refractivity contribution >= 4 is 5.91 Å². The summed E-state index contributed by atoms with van der Waals surface area (Å²) < 4.78 is 13.0. The number of aromatic nitrogens is 1. The third kappa shape index (κ3) is 4.54. The summed E-state index contributed by atoms with van der Waals surface area (Å²) in [4.78, 5) is 14.9. The maximum atomic E-state index is 13.0. The minimum Gasteiger partial charge on any atom is -0.387 e. The number of hydrogen-bond donors (Lipinski definition) is 3. The van der Waals surface area contributed by atoms with Crippen LogP contribution in [0, 0.1) is 11.7 Å². The van der Waals surface area contributed by atoms with Crippen molar-refractivity contribution in [1.29, 1.82) is 0 Å². The largest absolute Gasteiger partial charge is 0.387 e. The van der Waals surface area contributed by atoms with E-state index >= 15 is 0 Å². The lowest BCUT2D eigenvalue weighted by Gasteiger charge is -2.22. The number of rotatable bonds is 6. The fourth-order valence-corrected chi connectivity index (χ4v) is 2.37. The molecule has 0 saturated carbocycles. The van der Waals surface area contributed by atoms with Crippen molar-refractivity contribution in [2.75, 3.05) is 19.6 Å². The maximum absolute atomic E-state index is 13.0. The minimum absolute atomic E-state index is 0.118. The lowest BCUT2D eigenvalue weighted by molar-refractivity contribution is -0.123. The number of amides is 1. The summed E-state index contributed by atoms with van der Waals surface area (Å²) in [5, 5.41) is 15.8. The van der Waals surface area contributed by atoms with Gasteiger partial charge in [-0.25, -0.2) is 4.39 Å². The van der Waals surface area contributed by atoms with Crippen LogP contribution in [0.1, 0.15) is 30.9 Å². The van der Waals surface area contributed by atoms with Crippen molar-refractivity contribution in [2.24, 2.45) is 5.92 Å². The molecular weight excluding hydrogens is 261 g/mol. The topological polar surface area (TPSA) is 74.2 Å². The predicted molar refractivity (Wildman–Crippen MR) is 72.4 cm³/mol. The molecule has 2 heterocycles. The SMILES string of the molecule is O=C1C[C@@H](CCNC[C@H](O)c2cncc(F)c2)CCN1. The number of carbonyl (C=O) groups is 1. The Labute approximate surface area is 117 Å². The molecule has 0 aliphatic carbocycles. The zero-order chi connectivity index (χ0) is 14.4. The average molecular weight is 281 g/mol. The van der Waals surface area contributed by atoms with E-state index in [1.807, 2.05) is 0 Å². The Morgan fingerprint density at radius 1 is 1.55 bits per heavy atom.